The third-order valence-electron chi connectivity index (χ3n) is 11.5. The van der Waals surface area contributed by atoms with Gasteiger partial charge in [-0.15, -0.1) is 0 Å². The van der Waals surface area contributed by atoms with Crippen LogP contribution in [0.15, 0.2) is 222 Å². The summed E-state index contributed by atoms with van der Waals surface area (Å²) in [6.45, 7) is 2.53. The van der Waals surface area contributed by atoms with Crippen LogP contribution in [0.3, 0.4) is 0 Å². The molecule has 0 aliphatic carbocycles. The van der Waals surface area contributed by atoms with Gasteiger partial charge in [-0.25, -0.2) is 9.98 Å². The van der Waals surface area contributed by atoms with Gasteiger partial charge < -0.3 is 8.47 Å². The van der Waals surface area contributed by atoms with Crippen LogP contribution in [0.5, 0.6) is 0 Å². The molecule has 0 amide bonds. The van der Waals surface area contributed by atoms with E-state index >= 15 is 0 Å². The second-order valence-corrected chi connectivity index (χ2v) is 18.2. The highest BCUT2D eigenvalue weighted by molar-refractivity contribution is 6.88. The Morgan fingerprint density at radius 1 is 0.357 bits per heavy atom. The van der Waals surface area contributed by atoms with Crippen molar-refractivity contribution in [3.05, 3.63) is 256 Å². The molecular formula is C51H36N4Si. The molecule has 0 spiro atoms. The number of allylic oxidation sites excluding steroid dienone is 4. The Bertz CT molecular complexity index is 2850. The molecule has 56 heavy (non-hydrogen) atoms. The van der Waals surface area contributed by atoms with Gasteiger partial charge in [0, 0.05) is 44.4 Å². The van der Waals surface area contributed by atoms with Crippen LogP contribution in [0.2, 0.25) is 6.55 Å². The van der Waals surface area contributed by atoms with Gasteiger partial charge in [-0.2, -0.15) is 0 Å². The molecular weight excluding hydrogens is 697 g/mol. The SMILES string of the molecule is C[Si]1(c2ccccc2)n2c3ccc2C(c2ccccc2)=C2C=CC(=N2)C(c2ccccc2)=c2ccc(n21)=C(c1ccccc1)C1=NC(=C3c2ccccc2)C=C1. The van der Waals surface area contributed by atoms with Crippen LogP contribution >= 0.6 is 0 Å². The molecule has 11 rings (SSSR count). The molecule has 6 bridgehead atoms. The van der Waals surface area contributed by atoms with Gasteiger partial charge in [0.1, 0.15) is 0 Å². The second-order valence-electron chi connectivity index (χ2n) is 14.7. The quantitative estimate of drug-likeness (QED) is 0.159. The number of rotatable bonds is 5. The maximum atomic E-state index is 5.57. The van der Waals surface area contributed by atoms with Crippen molar-refractivity contribution in [2.75, 3.05) is 0 Å². The van der Waals surface area contributed by atoms with Gasteiger partial charge in [-0.05, 0) is 82.6 Å². The molecule has 6 heterocycles. The van der Waals surface area contributed by atoms with E-state index in [1.807, 2.05) is 0 Å². The average Bonchev–Trinajstić information content (AvgIpc) is 4.09. The van der Waals surface area contributed by atoms with Gasteiger partial charge in [0.15, 0.2) is 0 Å². The Labute approximate surface area is 327 Å². The van der Waals surface area contributed by atoms with Crippen molar-refractivity contribution >= 4 is 47.3 Å². The minimum atomic E-state index is -3.20. The number of nitrogens with zero attached hydrogens (tertiary/aromatic N) is 4. The van der Waals surface area contributed by atoms with E-state index in [1.54, 1.807) is 0 Å². The third kappa shape index (κ3) is 4.84. The molecule has 7 aromatic rings. The van der Waals surface area contributed by atoms with E-state index in [0.717, 1.165) is 89.4 Å². The number of aromatic nitrogens is 2. The number of hydrogen-bond acceptors (Lipinski definition) is 2. The molecule has 264 valence electrons. The molecule has 0 radical (unpaired) electrons. The molecule has 5 heteroatoms. The van der Waals surface area contributed by atoms with Crippen molar-refractivity contribution in [3.8, 4) is 0 Å². The smallest absolute Gasteiger partial charge is 0.303 e. The van der Waals surface area contributed by atoms with Crippen molar-refractivity contribution in [2.45, 2.75) is 6.55 Å². The minimum absolute atomic E-state index is 0.953. The molecule has 0 saturated carbocycles. The number of hydrogen-bond donors (Lipinski definition) is 0. The van der Waals surface area contributed by atoms with Crippen molar-refractivity contribution in [2.24, 2.45) is 9.98 Å². The highest BCUT2D eigenvalue weighted by Gasteiger charge is 2.43. The summed E-state index contributed by atoms with van der Waals surface area (Å²) in [4.78, 5) is 11.1. The van der Waals surface area contributed by atoms with Crippen molar-refractivity contribution in [1.82, 2.24) is 8.47 Å². The first-order valence-corrected chi connectivity index (χ1v) is 21.6. The van der Waals surface area contributed by atoms with Crippen LogP contribution in [0.1, 0.15) is 33.6 Å². The lowest BCUT2D eigenvalue weighted by Gasteiger charge is -2.37. The maximum Gasteiger partial charge on any atom is 0.303 e. The van der Waals surface area contributed by atoms with Crippen LogP contribution < -0.4 is 15.9 Å². The fourth-order valence-electron chi connectivity index (χ4n) is 9.11. The summed E-state index contributed by atoms with van der Waals surface area (Å²) in [6.07, 6.45) is 8.85. The van der Waals surface area contributed by atoms with Gasteiger partial charge in [0.2, 0.25) is 0 Å². The van der Waals surface area contributed by atoms with Crippen LogP contribution in [-0.4, -0.2) is 28.3 Å². The summed E-state index contributed by atoms with van der Waals surface area (Å²) in [6, 6.07) is 63.7. The monoisotopic (exact) mass is 732 g/mol. The molecule has 2 aromatic heterocycles. The average molecular weight is 733 g/mol. The fraction of sp³-hybridized carbons (Fsp3) is 0.0196. The van der Waals surface area contributed by atoms with E-state index in [4.69, 9.17) is 9.98 Å². The zero-order valence-corrected chi connectivity index (χ0v) is 31.8. The summed E-state index contributed by atoms with van der Waals surface area (Å²) in [5, 5.41) is 3.55. The predicted molar refractivity (Wildman–Crippen MR) is 233 cm³/mol. The van der Waals surface area contributed by atoms with Gasteiger partial charge in [0.05, 0.1) is 22.8 Å². The van der Waals surface area contributed by atoms with Crippen LogP contribution in [0, 0.1) is 0 Å². The van der Waals surface area contributed by atoms with Gasteiger partial charge in [-0.3, -0.25) is 0 Å². The minimum Gasteiger partial charge on any atom is -0.346 e. The molecule has 0 N–H and O–H groups in total. The Hall–Kier alpha value is -7.08. The van der Waals surface area contributed by atoms with E-state index in [-0.39, 0.29) is 0 Å². The van der Waals surface area contributed by atoms with E-state index in [0.29, 0.717) is 0 Å². The first-order valence-electron chi connectivity index (χ1n) is 19.2. The first kappa shape index (κ1) is 32.4. The summed E-state index contributed by atoms with van der Waals surface area (Å²) in [5.74, 6) is 0. The Morgan fingerprint density at radius 3 is 1.11 bits per heavy atom. The standard InChI is InChI=1S/C51H36N4Si/c1-56(39-25-15-6-16-26-39)54-44-31-32-45(54)50(37-21-11-4-12-22-37)42-29-30-43(53-42)51(38-23-13-5-14-24-38)47-34-33-46(55(47)56)49(36-19-9-3-10-20-36)41-28-27-40(52-41)48(44)35-17-7-2-8-18-35/h2-34H,1H3. The molecule has 1 atom stereocenters. The molecule has 5 aromatic carbocycles. The van der Waals surface area contributed by atoms with Crippen LogP contribution in [0.25, 0.3) is 22.3 Å². The van der Waals surface area contributed by atoms with Crippen molar-refractivity contribution in [3.63, 3.8) is 0 Å². The molecule has 4 nitrogen and oxygen atoms in total. The molecule has 4 aliphatic heterocycles. The van der Waals surface area contributed by atoms with Gasteiger partial charge in [0.25, 0.3) is 0 Å². The normalized spacial score (nSPS) is 18.0. The second kappa shape index (κ2) is 12.8. The van der Waals surface area contributed by atoms with Crippen LogP contribution in [0.4, 0.5) is 0 Å². The van der Waals surface area contributed by atoms with Crippen LogP contribution in [-0.2, 0) is 0 Å². The zero-order valence-electron chi connectivity index (χ0n) is 30.8. The van der Waals surface area contributed by atoms with E-state index in [1.165, 1.54) is 5.19 Å². The van der Waals surface area contributed by atoms with Gasteiger partial charge in [-0.1, -0.05) is 152 Å². The number of benzene rings is 5. The van der Waals surface area contributed by atoms with E-state index < -0.39 is 8.40 Å². The Balaban J connectivity index is 1.46. The highest BCUT2D eigenvalue weighted by Crippen LogP contribution is 2.40. The first-order chi connectivity index (χ1) is 27.7. The topological polar surface area (TPSA) is 34.6 Å². The molecule has 0 fully saturated rings. The summed E-state index contributed by atoms with van der Waals surface area (Å²) < 4.78 is 5.43. The van der Waals surface area contributed by atoms with E-state index in [2.05, 4.69) is 215 Å². The van der Waals surface area contributed by atoms with Crippen molar-refractivity contribution in [1.29, 1.82) is 0 Å². The summed E-state index contributed by atoms with van der Waals surface area (Å²) in [7, 11) is -3.20. The predicted octanol–water partition coefficient (Wildman–Crippen LogP) is 8.63. The third-order valence-corrected chi connectivity index (χ3v) is 15.7. The molecule has 0 saturated heterocycles. The summed E-state index contributed by atoms with van der Waals surface area (Å²) in [5.41, 5.74) is 15.0. The van der Waals surface area contributed by atoms with Gasteiger partial charge >= 0.3 is 8.40 Å². The summed E-state index contributed by atoms with van der Waals surface area (Å²) >= 11 is 0. The molecule has 1 unspecified atom stereocenters. The highest BCUT2D eigenvalue weighted by atomic mass is 28.3. The zero-order chi connectivity index (χ0) is 37.2. The lowest BCUT2D eigenvalue weighted by molar-refractivity contribution is 0.956. The lowest BCUT2D eigenvalue weighted by atomic mass is 10.0. The Morgan fingerprint density at radius 2 is 0.714 bits per heavy atom. The van der Waals surface area contributed by atoms with Crippen molar-refractivity contribution < 1.29 is 0 Å². The Kier molecular flexibility index (Phi) is 7.37. The largest absolute Gasteiger partial charge is 0.346 e. The number of fused-ring (bicyclic) bond motifs is 2. The molecule has 4 aliphatic rings. The fourth-order valence-corrected chi connectivity index (χ4v) is 13.3. The maximum absolute atomic E-state index is 5.57. The van der Waals surface area contributed by atoms with E-state index in [9.17, 15) is 0 Å². The lowest BCUT2D eigenvalue weighted by Crippen LogP contribution is -2.66. The number of aliphatic imine (C=N–C) groups is 2.